The van der Waals surface area contributed by atoms with Gasteiger partial charge in [-0.25, -0.2) is 0 Å². The Morgan fingerprint density at radius 2 is 1.82 bits per heavy atom. The number of ether oxygens (including phenoxy) is 2. The van der Waals surface area contributed by atoms with E-state index >= 15 is 0 Å². The third-order valence-corrected chi connectivity index (χ3v) is 7.89. The number of β-amino-alcohol motifs (C(OH)–C–C–N with tert-alkyl or cyclic N) is 1. The number of hydrogen-bond donors (Lipinski definition) is 1. The molecule has 0 amide bonds. The number of aryl methyl sites for hydroxylation is 1. The molecule has 0 aliphatic carbocycles. The molecule has 2 bridgehead atoms. The summed E-state index contributed by atoms with van der Waals surface area (Å²) in [6.07, 6.45) is 0.401. The molecule has 2 aliphatic heterocycles. The Morgan fingerprint density at radius 3 is 2.62 bits per heavy atom. The smallest absolute Gasteiger partial charge is 0.250 e. The summed E-state index contributed by atoms with van der Waals surface area (Å²) in [4.78, 5) is 27.8. The molecule has 0 radical (unpaired) electrons. The highest BCUT2D eigenvalue weighted by Gasteiger charge is 2.35. The summed E-state index contributed by atoms with van der Waals surface area (Å²) in [6.45, 7) is 4.80. The Bertz CT molecular complexity index is 1620. The van der Waals surface area contributed by atoms with Crippen molar-refractivity contribution >= 4 is 11.0 Å². The molecule has 1 unspecified atom stereocenters. The third kappa shape index (κ3) is 4.97. The van der Waals surface area contributed by atoms with E-state index in [-0.39, 0.29) is 17.6 Å². The van der Waals surface area contributed by atoms with Crippen molar-refractivity contribution in [3.05, 3.63) is 92.7 Å². The minimum absolute atomic E-state index is 0.0717. The van der Waals surface area contributed by atoms with Gasteiger partial charge in [-0.3, -0.25) is 14.5 Å². The maximum Gasteiger partial charge on any atom is 0.250 e. The lowest BCUT2D eigenvalue weighted by Gasteiger charge is -2.43. The normalized spacial score (nSPS) is 19.5. The molecule has 0 spiro atoms. The van der Waals surface area contributed by atoms with Gasteiger partial charge in [-0.1, -0.05) is 18.2 Å². The highest BCUT2D eigenvalue weighted by molar-refractivity contribution is 5.83. The summed E-state index contributed by atoms with van der Waals surface area (Å²) in [6, 6.07) is 18.0. The van der Waals surface area contributed by atoms with Crippen molar-refractivity contribution in [2.75, 3.05) is 33.4 Å². The summed E-state index contributed by atoms with van der Waals surface area (Å²) >= 11 is 0. The Hall–Kier alpha value is -3.88. The molecule has 1 fully saturated rings. The zero-order valence-corrected chi connectivity index (χ0v) is 22.1. The standard InChI is InChI=1S/C31H32N2O6/c1-19-30(21-6-8-24(37-2)9-7-21)31(36)26-11-10-25(13-28(26)39-19)38-18-23(34)17-32-14-20-12-22(16-32)27-4-3-5-29(35)33(27)15-20/h3-11,13,20,22-23,34H,12,14-18H2,1-2H3/t20-,22+,23?/m1/s1. The van der Waals surface area contributed by atoms with Gasteiger partial charge in [-0.2, -0.15) is 0 Å². The van der Waals surface area contributed by atoms with Crippen LogP contribution in [0.4, 0.5) is 0 Å². The van der Waals surface area contributed by atoms with E-state index in [4.69, 9.17) is 13.9 Å². The first-order chi connectivity index (χ1) is 18.9. The molecule has 2 aromatic heterocycles. The van der Waals surface area contributed by atoms with E-state index in [0.29, 0.717) is 46.4 Å². The molecular formula is C31H32N2O6. The number of piperidine rings is 1. The highest BCUT2D eigenvalue weighted by Crippen LogP contribution is 2.35. The second-order valence-electron chi connectivity index (χ2n) is 10.6. The van der Waals surface area contributed by atoms with Crippen LogP contribution in [0, 0.1) is 12.8 Å². The number of likely N-dealkylation sites (tertiary alicyclic amines) is 1. The van der Waals surface area contributed by atoms with Crippen LogP contribution in [0.2, 0.25) is 0 Å². The second-order valence-corrected chi connectivity index (χ2v) is 10.6. The van der Waals surface area contributed by atoms with Crippen LogP contribution in [-0.4, -0.2) is 54.0 Å². The zero-order valence-electron chi connectivity index (χ0n) is 22.1. The van der Waals surface area contributed by atoms with Crippen LogP contribution in [0.15, 0.2) is 74.7 Å². The van der Waals surface area contributed by atoms with Crippen LogP contribution >= 0.6 is 0 Å². The predicted molar refractivity (Wildman–Crippen MR) is 149 cm³/mol. The van der Waals surface area contributed by atoms with Crippen LogP contribution in [0.25, 0.3) is 22.1 Å². The molecule has 4 heterocycles. The number of fused-ring (bicyclic) bond motifs is 5. The molecule has 1 N–H and O–H groups in total. The van der Waals surface area contributed by atoms with Gasteiger partial charge in [0, 0.05) is 49.9 Å². The fourth-order valence-electron chi connectivity index (χ4n) is 6.15. The van der Waals surface area contributed by atoms with Crippen molar-refractivity contribution in [1.29, 1.82) is 0 Å². The van der Waals surface area contributed by atoms with Gasteiger partial charge in [0.2, 0.25) is 5.43 Å². The molecule has 2 aromatic carbocycles. The van der Waals surface area contributed by atoms with Crippen LogP contribution in [0.3, 0.4) is 0 Å². The maximum absolute atomic E-state index is 13.3. The fourth-order valence-corrected chi connectivity index (χ4v) is 6.15. The number of methoxy groups -OCH3 is 1. The average molecular weight is 529 g/mol. The van der Waals surface area contributed by atoms with Gasteiger partial charge in [0.25, 0.3) is 5.56 Å². The van der Waals surface area contributed by atoms with Crippen molar-refractivity contribution in [3.63, 3.8) is 0 Å². The van der Waals surface area contributed by atoms with Crippen molar-refractivity contribution in [3.8, 4) is 22.6 Å². The quantitative estimate of drug-likeness (QED) is 0.390. The van der Waals surface area contributed by atoms with Crippen LogP contribution in [-0.2, 0) is 6.54 Å². The van der Waals surface area contributed by atoms with E-state index in [9.17, 15) is 14.7 Å². The zero-order chi connectivity index (χ0) is 27.1. The number of benzene rings is 2. The lowest BCUT2D eigenvalue weighted by molar-refractivity contribution is 0.0384. The molecule has 1 saturated heterocycles. The Kier molecular flexibility index (Phi) is 6.74. The van der Waals surface area contributed by atoms with Crippen LogP contribution in [0.5, 0.6) is 11.5 Å². The number of aliphatic hydroxyl groups excluding tert-OH is 1. The van der Waals surface area contributed by atoms with Crippen molar-refractivity contribution in [2.24, 2.45) is 5.92 Å². The molecule has 4 aromatic rings. The molecule has 39 heavy (non-hydrogen) atoms. The van der Waals surface area contributed by atoms with Gasteiger partial charge in [-0.15, -0.1) is 0 Å². The Balaban J connectivity index is 1.12. The van der Waals surface area contributed by atoms with Gasteiger partial charge in [0.15, 0.2) is 0 Å². The van der Waals surface area contributed by atoms with E-state index in [2.05, 4.69) is 4.90 Å². The number of nitrogens with zero attached hydrogens (tertiary/aromatic N) is 2. The molecule has 8 heteroatoms. The SMILES string of the molecule is COc1ccc(-c2c(C)oc3cc(OCC(O)CN4C[C@H]5C[C@@H](C4)c4cccc(=O)n4C5)ccc3c2=O)cc1. The molecule has 6 rings (SSSR count). The lowest BCUT2D eigenvalue weighted by Crippen LogP contribution is -2.49. The van der Waals surface area contributed by atoms with Gasteiger partial charge >= 0.3 is 0 Å². The Labute approximate surface area is 226 Å². The molecule has 3 atom stereocenters. The molecule has 202 valence electrons. The number of rotatable bonds is 7. The molecular weight excluding hydrogens is 496 g/mol. The topological polar surface area (TPSA) is 94.1 Å². The monoisotopic (exact) mass is 528 g/mol. The van der Waals surface area contributed by atoms with Gasteiger partial charge < -0.3 is 23.6 Å². The largest absolute Gasteiger partial charge is 0.497 e. The minimum atomic E-state index is -0.677. The first kappa shape index (κ1) is 25.4. The minimum Gasteiger partial charge on any atom is -0.497 e. The van der Waals surface area contributed by atoms with Gasteiger partial charge in [0.1, 0.15) is 35.6 Å². The number of aliphatic hydroxyl groups is 1. The van der Waals surface area contributed by atoms with Crippen molar-refractivity contribution in [2.45, 2.75) is 31.9 Å². The summed E-state index contributed by atoms with van der Waals surface area (Å²) < 4.78 is 19.1. The molecule has 2 aliphatic rings. The predicted octanol–water partition coefficient (Wildman–Crippen LogP) is 3.80. The summed E-state index contributed by atoms with van der Waals surface area (Å²) in [5, 5.41) is 11.2. The van der Waals surface area contributed by atoms with Gasteiger partial charge in [-0.05, 0) is 55.2 Å². The summed E-state index contributed by atoms with van der Waals surface area (Å²) in [5.74, 6) is 2.48. The fraction of sp³-hybridized carbons (Fsp3) is 0.355. The highest BCUT2D eigenvalue weighted by atomic mass is 16.5. The van der Waals surface area contributed by atoms with E-state index in [1.165, 1.54) is 0 Å². The Morgan fingerprint density at radius 1 is 1.03 bits per heavy atom. The van der Waals surface area contributed by atoms with E-state index < -0.39 is 6.10 Å². The van der Waals surface area contributed by atoms with E-state index in [0.717, 1.165) is 43.1 Å². The number of pyridine rings is 1. The molecule has 0 saturated carbocycles. The average Bonchev–Trinajstić information content (AvgIpc) is 2.93. The number of hydrogen-bond acceptors (Lipinski definition) is 7. The molecule has 8 nitrogen and oxygen atoms in total. The lowest BCUT2D eigenvalue weighted by atomic mass is 9.83. The van der Waals surface area contributed by atoms with Crippen LogP contribution in [0.1, 0.15) is 23.8 Å². The second kappa shape index (κ2) is 10.4. The van der Waals surface area contributed by atoms with Crippen molar-refractivity contribution in [1.82, 2.24) is 9.47 Å². The van der Waals surface area contributed by atoms with E-state index in [1.807, 2.05) is 41.0 Å². The first-order valence-corrected chi connectivity index (χ1v) is 13.3. The maximum atomic E-state index is 13.3. The summed E-state index contributed by atoms with van der Waals surface area (Å²) in [7, 11) is 1.60. The van der Waals surface area contributed by atoms with Gasteiger partial charge in [0.05, 0.1) is 18.1 Å². The van der Waals surface area contributed by atoms with E-state index in [1.54, 1.807) is 38.3 Å². The summed E-state index contributed by atoms with van der Waals surface area (Å²) in [5.41, 5.74) is 2.79. The number of aromatic nitrogens is 1. The van der Waals surface area contributed by atoms with Crippen molar-refractivity contribution < 1.29 is 19.0 Å². The first-order valence-electron chi connectivity index (χ1n) is 13.3. The van der Waals surface area contributed by atoms with Crippen LogP contribution < -0.4 is 20.5 Å². The third-order valence-electron chi connectivity index (χ3n) is 7.89.